The molecule has 1 atom stereocenters. The second kappa shape index (κ2) is 10.3. The molecule has 1 heterocycles. The van der Waals surface area contributed by atoms with Crippen LogP contribution in [0.2, 0.25) is 5.02 Å². The molecule has 154 valence electrons. The van der Waals surface area contributed by atoms with Gasteiger partial charge in [-0.25, -0.2) is 0 Å². The van der Waals surface area contributed by atoms with Crippen LogP contribution >= 0.6 is 11.6 Å². The Balaban J connectivity index is 1.82. The number of esters is 1. The number of piperidine rings is 1. The second-order valence-corrected chi connectivity index (χ2v) is 7.29. The summed E-state index contributed by atoms with van der Waals surface area (Å²) in [5.41, 5.74) is 0.858. The molecule has 0 aromatic heterocycles. The summed E-state index contributed by atoms with van der Waals surface area (Å²) in [7, 11) is 1.56. The van der Waals surface area contributed by atoms with Crippen LogP contribution in [0.25, 0.3) is 0 Å². The first kappa shape index (κ1) is 22.0. The molecule has 1 aromatic carbocycles. The first-order valence-corrected chi connectivity index (χ1v) is 9.77. The maximum Gasteiger partial charge on any atom is 0.310 e. The molecule has 1 fully saturated rings. The van der Waals surface area contributed by atoms with Crippen molar-refractivity contribution in [2.75, 3.05) is 39.9 Å². The summed E-state index contributed by atoms with van der Waals surface area (Å²) >= 11 is 5.97. The third kappa shape index (κ3) is 6.12. The number of amides is 2. The van der Waals surface area contributed by atoms with Crippen LogP contribution in [0, 0.1) is 12.8 Å². The number of rotatable bonds is 7. The molecule has 0 spiro atoms. The van der Waals surface area contributed by atoms with Crippen LogP contribution < -0.4 is 4.74 Å². The van der Waals surface area contributed by atoms with Crippen molar-refractivity contribution in [3.63, 3.8) is 0 Å². The number of likely N-dealkylation sites (N-methyl/N-ethyl adjacent to an activating group) is 1. The quantitative estimate of drug-likeness (QED) is 0.644. The Morgan fingerprint density at radius 2 is 2.07 bits per heavy atom. The van der Waals surface area contributed by atoms with Gasteiger partial charge in [0.05, 0.1) is 19.1 Å². The van der Waals surface area contributed by atoms with Crippen molar-refractivity contribution in [1.29, 1.82) is 0 Å². The summed E-state index contributed by atoms with van der Waals surface area (Å²) in [6.45, 7) is 4.63. The third-order valence-corrected chi connectivity index (χ3v) is 5.11. The van der Waals surface area contributed by atoms with Crippen LogP contribution in [0.4, 0.5) is 0 Å². The fourth-order valence-corrected chi connectivity index (χ4v) is 3.13. The van der Waals surface area contributed by atoms with Gasteiger partial charge >= 0.3 is 5.97 Å². The predicted octanol–water partition coefficient (Wildman–Crippen LogP) is 2.29. The monoisotopic (exact) mass is 410 g/mol. The summed E-state index contributed by atoms with van der Waals surface area (Å²) in [5, 5.41) is 0.629. The van der Waals surface area contributed by atoms with E-state index in [4.69, 9.17) is 21.1 Å². The summed E-state index contributed by atoms with van der Waals surface area (Å²) in [6.07, 6.45) is 1.46. The summed E-state index contributed by atoms with van der Waals surface area (Å²) in [5.74, 6) is -0.512. The highest BCUT2D eigenvalue weighted by Gasteiger charge is 2.30. The Kier molecular flexibility index (Phi) is 8.11. The molecule has 0 N–H and O–H groups in total. The SMILES string of the molecule is CCOC(=O)C1CCCN(C(=O)CN(C)C(=O)COc2ccc(Cl)c(C)c2)C1. The molecule has 2 amide bonds. The number of ether oxygens (including phenoxy) is 2. The van der Waals surface area contributed by atoms with Gasteiger partial charge in [0.2, 0.25) is 5.91 Å². The van der Waals surface area contributed by atoms with E-state index in [1.165, 1.54) is 4.90 Å². The molecule has 7 nitrogen and oxygen atoms in total. The average molecular weight is 411 g/mol. The number of hydrogen-bond acceptors (Lipinski definition) is 5. The molecule has 1 aliphatic heterocycles. The lowest BCUT2D eigenvalue weighted by molar-refractivity contribution is -0.152. The molecule has 1 aliphatic rings. The Morgan fingerprint density at radius 1 is 1.32 bits per heavy atom. The highest BCUT2D eigenvalue weighted by Crippen LogP contribution is 2.21. The summed E-state index contributed by atoms with van der Waals surface area (Å²) < 4.78 is 10.5. The number of hydrogen-bond donors (Lipinski definition) is 0. The zero-order valence-corrected chi connectivity index (χ0v) is 17.3. The zero-order chi connectivity index (χ0) is 20.7. The van der Waals surface area contributed by atoms with Crippen molar-refractivity contribution >= 4 is 29.4 Å². The van der Waals surface area contributed by atoms with E-state index in [9.17, 15) is 14.4 Å². The highest BCUT2D eigenvalue weighted by atomic mass is 35.5. The fourth-order valence-electron chi connectivity index (χ4n) is 3.01. The predicted molar refractivity (Wildman–Crippen MR) is 105 cm³/mol. The van der Waals surface area contributed by atoms with E-state index in [1.807, 2.05) is 6.92 Å². The zero-order valence-electron chi connectivity index (χ0n) is 16.6. The molecule has 1 saturated heterocycles. The third-order valence-electron chi connectivity index (χ3n) is 4.68. The van der Waals surface area contributed by atoms with Gasteiger partial charge in [-0.15, -0.1) is 0 Å². The van der Waals surface area contributed by atoms with Gasteiger partial charge < -0.3 is 19.3 Å². The summed E-state index contributed by atoms with van der Waals surface area (Å²) in [6, 6.07) is 5.15. The van der Waals surface area contributed by atoms with E-state index in [-0.39, 0.29) is 36.9 Å². The molecule has 28 heavy (non-hydrogen) atoms. The van der Waals surface area contributed by atoms with Crippen molar-refractivity contribution in [3.05, 3.63) is 28.8 Å². The van der Waals surface area contributed by atoms with Crippen LogP contribution in [-0.4, -0.2) is 67.5 Å². The number of likely N-dealkylation sites (tertiary alicyclic amines) is 1. The van der Waals surface area contributed by atoms with Gasteiger partial charge in [-0.05, 0) is 50.5 Å². The fraction of sp³-hybridized carbons (Fsp3) is 0.550. The van der Waals surface area contributed by atoms with Crippen LogP contribution in [0.5, 0.6) is 5.75 Å². The maximum absolute atomic E-state index is 12.5. The van der Waals surface area contributed by atoms with Crippen molar-refractivity contribution in [1.82, 2.24) is 9.80 Å². The first-order chi connectivity index (χ1) is 13.3. The Labute approximate surface area is 170 Å². The topological polar surface area (TPSA) is 76.2 Å². The minimum Gasteiger partial charge on any atom is -0.484 e. The lowest BCUT2D eigenvalue weighted by atomic mass is 9.98. The van der Waals surface area contributed by atoms with E-state index >= 15 is 0 Å². The van der Waals surface area contributed by atoms with Crippen molar-refractivity contribution in [2.45, 2.75) is 26.7 Å². The second-order valence-electron chi connectivity index (χ2n) is 6.88. The van der Waals surface area contributed by atoms with Crippen LogP contribution in [-0.2, 0) is 19.1 Å². The van der Waals surface area contributed by atoms with E-state index in [1.54, 1.807) is 37.1 Å². The normalized spacial score (nSPS) is 16.4. The van der Waals surface area contributed by atoms with E-state index in [0.29, 0.717) is 36.9 Å². The average Bonchev–Trinajstić information content (AvgIpc) is 2.68. The number of carbonyl (C=O) groups excluding carboxylic acids is 3. The Hall–Kier alpha value is -2.28. The number of benzene rings is 1. The summed E-state index contributed by atoms with van der Waals surface area (Å²) in [4.78, 5) is 39.7. The van der Waals surface area contributed by atoms with Crippen molar-refractivity contribution < 1.29 is 23.9 Å². The number of carbonyl (C=O) groups is 3. The Morgan fingerprint density at radius 3 is 2.75 bits per heavy atom. The lowest BCUT2D eigenvalue weighted by Gasteiger charge is -2.32. The number of halogens is 1. The lowest BCUT2D eigenvalue weighted by Crippen LogP contribution is -2.47. The molecule has 0 bridgehead atoms. The molecular formula is C20H27ClN2O5. The molecule has 2 rings (SSSR count). The van der Waals surface area contributed by atoms with Gasteiger partial charge in [-0.3, -0.25) is 14.4 Å². The molecule has 0 aliphatic carbocycles. The van der Waals surface area contributed by atoms with Crippen molar-refractivity contribution in [2.24, 2.45) is 5.92 Å². The molecule has 0 saturated carbocycles. The van der Waals surface area contributed by atoms with Gasteiger partial charge in [0.1, 0.15) is 5.75 Å². The maximum atomic E-state index is 12.5. The van der Waals surface area contributed by atoms with Gasteiger partial charge in [-0.1, -0.05) is 11.6 Å². The minimum absolute atomic E-state index is 0.0582. The molecule has 1 aromatic rings. The van der Waals surface area contributed by atoms with E-state index in [2.05, 4.69) is 0 Å². The van der Waals surface area contributed by atoms with Crippen molar-refractivity contribution in [3.8, 4) is 5.75 Å². The number of aryl methyl sites for hydroxylation is 1. The van der Waals surface area contributed by atoms with E-state index in [0.717, 1.165) is 12.0 Å². The molecule has 0 radical (unpaired) electrons. The smallest absolute Gasteiger partial charge is 0.310 e. The largest absolute Gasteiger partial charge is 0.484 e. The molecule has 1 unspecified atom stereocenters. The molecular weight excluding hydrogens is 384 g/mol. The van der Waals surface area contributed by atoms with E-state index < -0.39 is 0 Å². The van der Waals surface area contributed by atoms with Crippen LogP contribution in [0.3, 0.4) is 0 Å². The van der Waals surface area contributed by atoms with Crippen LogP contribution in [0.15, 0.2) is 18.2 Å². The highest BCUT2D eigenvalue weighted by molar-refractivity contribution is 6.31. The first-order valence-electron chi connectivity index (χ1n) is 9.39. The Bertz CT molecular complexity index is 725. The van der Waals surface area contributed by atoms with Gasteiger partial charge in [0.25, 0.3) is 5.91 Å². The minimum atomic E-state index is -0.306. The van der Waals surface area contributed by atoms with Crippen LogP contribution in [0.1, 0.15) is 25.3 Å². The molecule has 8 heteroatoms. The van der Waals surface area contributed by atoms with Gasteiger partial charge in [0, 0.05) is 25.2 Å². The van der Waals surface area contributed by atoms with Gasteiger partial charge in [-0.2, -0.15) is 0 Å². The number of nitrogens with zero attached hydrogens (tertiary/aromatic N) is 2. The standard InChI is InChI=1S/C20H27ClN2O5/c1-4-27-20(26)15-6-5-9-23(11-15)18(24)12-22(3)19(25)13-28-16-7-8-17(21)14(2)10-16/h7-8,10,15H,4-6,9,11-13H2,1-3H3. The van der Waals surface area contributed by atoms with Gasteiger partial charge in [0.15, 0.2) is 6.61 Å².